The van der Waals surface area contributed by atoms with E-state index in [1.165, 1.54) is 12.3 Å². The first-order valence-electron chi connectivity index (χ1n) is 9.16. The molecule has 0 spiro atoms. The third kappa shape index (κ3) is 4.43. The Morgan fingerprint density at radius 2 is 1.80 bits per heavy atom. The van der Waals surface area contributed by atoms with Crippen LogP contribution in [0.5, 0.6) is 0 Å². The van der Waals surface area contributed by atoms with Crippen molar-refractivity contribution in [1.29, 1.82) is 0 Å². The Morgan fingerprint density at radius 1 is 1.03 bits per heavy atom. The summed E-state index contributed by atoms with van der Waals surface area (Å²) in [6.07, 6.45) is 1.34. The number of esters is 1. The SMILES string of the molecule is O=C(CCc1ncc(-c2c(F)cccc2F)o1)OCc1cc(-c2ccccc2)no1. The minimum absolute atomic E-state index is 0.0145. The van der Waals surface area contributed by atoms with Gasteiger partial charge in [-0.2, -0.15) is 0 Å². The minimum Gasteiger partial charge on any atom is -0.457 e. The van der Waals surface area contributed by atoms with Crippen molar-refractivity contribution in [2.24, 2.45) is 0 Å². The molecule has 0 atom stereocenters. The lowest BCUT2D eigenvalue weighted by Crippen LogP contribution is -2.05. The molecule has 0 aliphatic rings. The molecule has 0 saturated carbocycles. The van der Waals surface area contributed by atoms with Crippen LogP contribution in [0, 0.1) is 11.6 Å². The molecule has 6 nitrogen and oxygen atoms in total. The third-order valence-corrected chi connectivity index (χ3v) is 4.31. The number of hydrogen-bond acceptors (Lipinski definition) is 6. The maximum Gasteiger partial charge on any atom is 0.306 e. The molecule has 0 amide bonds. The highest BCUT2D eigenvalue weighted by Crippen LogP contribution is 2.27. The molecule has 4 aromatic rings. The fourth-order valence-electron chi connectivity index (χ4n) is 2.83. The summed E-state index contributed by atoms with van der Waals surface area (Å²) in [5, 5.41) is 3.95. The first-order chi connectivity index (χ1) is 14.6. The lowest BCUT2D eigenvalue weighted by atomic mass is 10.1. The Hall–Kier alpha value is -3.81. The number of halogens is 2. The van der Waals surface area contributed by atoms with Crippen LogP contribution in [0.3, 0.4) is 0 Å². The number of nitrogens with zero attached hydrogens (tertiary/aromatic N) is 2. The highest BCUT2D eigenvalue weighted by molar-refractivity contribution is 5.69. The summed E-state index contributed by atoms with van der Waals surface area (Å²) in [5.41, 5.74) is 1.25. The van der Waals surface area contributed by atoms with Crippen molar-refractivity contribution in [3.05, 3.63) is 84.1 Å². The number of oxazole rings is 1. The van der Waals surface area contributed by atoms with E-state index in [2.05, 4.69) is 10.1 Å². The van der Waals surface area contributed by atoms with Crippen molar-refractivity contribution in [2.45, 2.75) is 19.4 Å². The number of hydrogen-bond donors (Lipinski definition) is 0. The van der Waals surface area contributed by atoms with Crippen molar-refractivity contribution in [3.63, 3.8) is 0 Å². The Labute approximate surface area is 170 Å². The van der Waals surface area contributed by atoms with Crippen molar-refractivity contribution in [1.82, 2.24) is 10.1 Å². The lowest BCUT2D eigenvalue weighted by molar-refractivity contribution is -0.145. The topological polar surface area (TPSA) is 78.4 Å². The standard InChI is InChI=1S/C22H16F2N2O4/c23-16-7-4-8-17(24)22(16)19-12-25-20(29-19)9-10-21(27)28-13-15-11-18(26-30-15)14-5-2-1-3-6-14/h1-8,11-12H,9-10,13H2. The van der Waals surface area contributed by atoms with Gasteiger partial charge < -0.3 is 13.7 Å². The summed E-state index contributed by atoms with van der Waals surface area (Å²) in [6.45, 7) is -0.0596. The zero-order chi connectivity index (χ0) is 20.9. The maximum atomic E-state index is 13.8. The number of carbonyl (C=O) groups is 1. The van der Waals surface area contributed by atoms with Gasteiger partial charge in [0.15, 0.2) is 24.0 Å². The van der Waals surface area contributed by atoms with E-state index >= 15 is 0 Å². The van der Waals surface area contributed by atoms with Crippen LogP contribution in [0.15, 0.2) is 69.7 Å². The van der Waals surface area contributed by atoms with Gasteiger partial charge in [0, 0.05) is 18.1 Å². The van der Waals surface area contributed by atoms with Gasteiger partial charge in [0.1, 0.15) is 17.3 Å². The molecule has 2 heterocycles. The van der Waals surface area contributed by atoms with Crippen molar-refractivity contribution in [2.75, 3.05) is 0 Å². The molecule has 0 radical (unpaired) electrons. The molecule has 8 heteroatoms. The highest BCUT2D eigenvalue weighted by atomic mass is 19.1. The minimum atomic E-state index is -0.751. The first kappa shape index (κ1) is 19.5. The van der Waals surface area contributed by atoms with E-state index < -0.39 is 17.6 Å². The lowest BCUT2D eigenvalue weighted by Gasteiger charge is -2.01. The Kier molecular flexibility index (Phi) is 5.65. The third-order valence-electron chi connectivity index (χ3n) is 4.31. The molecule has 0 aliphatic heterocycles. The maximum absolute atomic E-state index is 13.8. The van der Waals surface area contributed by atoms with Crippen molar-refractivity contribution >= 4 is 5.97 Å². The van der Waals surface area contributed by atoms with Crippen LogP contribution in [-0.2, 0) is 22.6 Å². The summed E-state index contributed by atoms with van der Waals surface area (Å²) in [6, 6.07) is 14.7. The van der Waals surface area contributed by atoms with Gasteiger partial charge in [-0.1, -0.05) is 41.6 Å². The molecular weight excluding hydrogens is 394 g/mol. The van der Waals surface area contributed by atoms with E-state index in [0.29, 0.717) is 11.5 Å². The second-order valence-electron chi connectivity index (χ2n) is 6.42. The van der Waals surface area contributed by atoms with Gasteiger partial charge in [-0.3, -0.25) is 4.79 Å². The number of aromatic nitrogens is 2. The van der Waals surface area contributed by atoms with Crippen molar-refractivity contribution in [3.8, 4) is 22.6 Å². The Bertz CT molecular complexity index is 1130. The monoisotopic (exact) mass is 410 g/mol. The van der Waals surface area contributed by atoms with E-state index in [4.69, 9.17) is 13.7 Å². The smallest absolute Gasteiger partial charge is 0.306 e. The number of ether oxygens (including phenoxy) is 1. The molecule has 0 N–H and O–H groups in total. The quantitative estimate of drug-likeness (QED) is 0.401. The zero-order valence-electron chi connectivity index (χ0n) is 15.7. The van der Waals surface area contributed by atoms with Gasteiger partial charge in [-0.25, -0.2) is 13.8 Å². The molecule has 0 fully saturated rings. The van der Waals surface area contributed by atoms with Gasteiger partial charge in [0.2, 0.25) is 0 Å². The number of rotatable bonds is 7. The summed E-state index contributed by atoms with van der Waals surface area (Å²) in [4.78, 5) is 15.9. The normalized spacial score (nSPS) is 10.9. The molecule has 0 aliphatic carbocycles. The van der Waals surface area contributed by atoms with Crippen LogP contribution in [0.25, 0.3) is 22.6 Å². The molecule has 2 aromatic carbocycles. The van der Waals surface area contributed by atoms with E-state index in [9.17, 15) is 13.6 Å². The summed E-state index contributed by atoms with van der Waals surface area (Å²) in [7, 11) is 0. The summed E-state index contributed by atoms with van der Waals surface area (Å²) < 4.78 is 43.3. The Balaban J connectivity index is 1.30. The average molecular weight is 410 g/mol. The van der Waals surface area contributed by atoms with Gasteiger partial charge >= 0.3 is 5.97 Å². The van der Waals surface area contributed by atoms with Gasteiger partial charge in [0.05, 0.1) is 18.2 Å². The first-order valence-corrected chi connectivity index (χ1v) is 9.16. The fourth-order valence-corrected chi connectivity index (χ4v) is 2.83. The van der Waals surface area contributed by atoms with E-state index in [1.54, 1.807) is 6.07 Å². The van der Waals surface area contributed by atoms with Crippen LogP contribution in [-0.4, -0.2) is 16.1 Å². The summed E-state index contributed by atoms with van der Waals surface area (Å²) >= 11 is 0. The molecule has 0 unspecified atom stereocenters. The molecule has 4 rings (SSSR count). The van der Waals surface area contributed by atoms with E-state index in [-0.39, 0.29) is 36.7 Å². The molecule has 2 aromatic heterocycles. The van der Waals surface area contributed by atoms with Crippen LogP contribution >= 0.6 is 0 Å². The highest BCUT2D eigenvalue weighted by Gasteiger charge is 2.17. The molecule has 0 bridgehead atoms. The molecule has 30 heavy (non-hydrogen) atoms. The molecule has 152 valence electrons. The number of carbonyl (C=O) groups excluding carboxylic acids is 1. The van der Waals surface area contributed by atoms with Crippen LogP contribution < -0.4 is 0 Å². The molecule has 0 saturated heterocycles. The summed E-state index contributed by atoms with van der Waals surface area (Å²) in [5.74, 6) is -1.45. The Morgan fingerprint density at radius 3 is 2.57 bits per heavy atom. The van der Waals surface area contributed by atoms with Crippen LogP contribution in [0.1, 0.15) is 18.1 Å². The zero-order valence-corrected chi connectivity index (χ0v) is 15.7. The van der Waals surface area contributed by atoms with Crippen molar-refractivity contribution < 1.29 is 27.3 Å². The largest absolute Gasteiger partial charge is 0.457 e. The van der Waals surface area contributed by atoms with Gasteiger partial charge in [-0.15, -0.1) is 0 Å². The van der Waals surface area contributed by atoms with Crippen LogP contribution in [0.2, 0.25) is 0 Å². The predicted molar refractivity (Wildman–Crippen MR) is 102 cm³/mol. The number of aryl methyl sites for hydroxylation is 1. The fraction of sp³-hybridized carbons (Fsp3) is 0.136. The second-order valence-corrected chi connectivity index (χ2v) is 6.42. The van der Waals surface area contributed by atoms with Crippen LogP contribution in [0.4, 0.5) is 8.78 Å². The second kappa shape index (κ2) is 8.69. The predicted octanol–water partition coefficient (Wildman–Crippen LogP) is 4.95. The van der Waals surface area contributed by atoms with Gasteiger partial charge in [-0.05, 0) is 12.1 Å². The van der Waals surface area contributed by atoms with E-state index in [1.807, 2.05) is 30.3 Å². The number of benzene rings is 2. The van der Waals surface area contributed by atoms with E-state index in [0.717, 1.165) is 17.7 Å². The molecular formula is C22H16F2N2O4. The average Bonchev–Trinajstić information content (AvgIpc) is 3.41. The van der Waals surface area contributed by atoms with Gasteiger partial charge in [0.25, 0.3) is 0 Å².